The van der Waals surface area contributed by atoms with Gasteiger partial charge in [-0.25, -0.2) is 4.98 Å². The zero-order valence-corrected chi connectivity index (χ0v) is 16.9. The summed E-state index contributed by atoms with van der Waals surface area (Å²) in [5.41, 5.74) is 6.41. The van der Waals surface area contributed by atoms with Crippen molar-refractivity contribution in [1.82, 2.24) is 14.9 Å². The molecule has 2 aromatic heterocycles. The van der Waals surface area contributed by atoms with Crippen LogP contribution in [0.2, 0.25) is 0 Å². The molecule has 0 spiro atoms. The molecule has 0 bridgehead atoms. The van der Waals surface area contributed by atoms with Crippen molar-refractivity contribution >= 4 is 10.9 Å². The molecule has 28 heavy (non-hydrogen) atoms. The summed E-state index contributed by atoms with van der Waals surface area (Å²) >= 11 is 0. The third-order valence-electron chi connectivity index (χ3n) is 5.93. The third-order valence-corrected chi connectivity index (χ3v) is 5.93. The van der Waals surface area contributed by atoms with Gasteiger partial charge >= 0.3 is 0 Å². The summed E-state index contributed by atoms with van der Waals surface area (Å²) in [6.07, 6.45) is 3.73. The summed E-state index contributed by atoms with van der Waals surface area (Å²) in [7, 11) is 0. The maximum Gasteiger partial charge on any atom is 0.101 e. The first-order valence-electron chi connectivity index (χ1n) is 10.1. The molecule has 1 fully saturated rings. The highest BCUT2D eigenvalue weighted by Gasteiger charge is 2.19. The fourth-order valence-corrected chi connectivity index (χ4v) is 4.18. The van der Waals surface area contributed by atoms with Gasteiger partial charge in [0.25, 0.3) is 0 Å². The number of nitrogens with zero attached hydrogens (tertiary/aromatic N) is 4. The topological polar surface area (TPSA) is 52.8 Å². The number of benzene rings is 1. The summed E-state index contributed by atoms with van der Waals surface area (Å²) in [5.74, 6) is 0. The molecule has 0 saturated carbocycles. The van der Waals surface area contributed by atoms with E-state index in [1.165, 1.54) is 24.9 Å². The smallest absolute Gasteiger partial charge is 0.101 e. The van der Waals surface area contributed by atoms with Gasteiger partial charge in [0.15, 0.2) is 0 Å². The lowest BCUT2D eigenvalue weighted by Crippen LogP contribution is -2.28. The number of nitriles is 1. The van der Waals surface area contributed by atoms with Gasteiger partial charge < -0.3 is 4.90 Å². The summed E-state index contributed by atoms with van der Waals surface area (Å²) in [6.45, 7) is 8.53. The molecule has 0 aliphatic carbocycles. The van der Waals surface area contributed by atoms with Crippen molar-refractivity contribution in [2.24, 2.45) is 0 Å². The van der Waals surface area contributed by atoms with E-state index in [1.807, 2.05) is 26.0 Å². The molecule has 1 aliphatic heterocycles. The Balaban J connectivity index is 1.59. The Bertz CT molecular complexity index is 1060. The van der Waals surface area contributed by atoms with Gasteiger partial charge in [0.1, 0.15) is 6.07 Å². The highest BCUT2D eigenvalue weighted by atomic mass is 15.2. The second-order valence-electron chi connectivity index (χ2n) is 7.87. The SMILES string of the molecule is Cc1nc(C)c(-c2ccc3cc(CCN4CCC[C@@H]4C)ccc3n2)cc1C#N. The van der Waals surface area contributed by atoms with Crippen LogP contribution in [0.1, 0.15) is 42.3 Å². The average Bonchev–Trinajstić information content (AvgIpc) is 3.11. The van der Waals surface area contributed by atoms with Crippen molar-refractivity contribution in [2.45, 2.75) is 46.1 Å². The van der Waals surface area contributed by atoms with Crippen molar-refractivity contribution in [3.63, 3.8) is 0 Å². The number of aryl methyl sites for hydroxylation is 2. The minimum Gasteiger partial charge on any atom is -0.300 e. The second-order valence-corrected chi connectivity index (χ2v) is 7.87. The van der Waals surface area contributed by atoms with E-state index < -0.39 is 0 Å². The van der Waals surface area contributed by atoms with Crippen LogP contribution in [0.25, 0.3) is 22.2 Å². The lowest BCUT2D eigenvalue weighted by atomic mass is 10.0. The van der Waals surface area contributed by atoms with Gasteiger partial charge in [0, 0.05) is 29.2 Å². The summed E-state index contributed by atoms with van der Waals surface area (Å²) in [5, 5.41) is 10.5. The molecular formula is C24H26N4. The fraction of sp³-hybridized carbons (Fsp3) is 0.375. The summed E-state index contributed by atoms with van der Waals surface area (Å²) in [6, 6.07) is 15.6. The summed E-state index contributed by atoms with van der Waals surface area (Å²) in [4.78, 5) is 11.9. The average molecular weight is 370 g/mol. The van der Waals surface area contributed by atoms with Crippen LogP contribution in [0.4, 0.5) is 0 Å². The number of hydrogen-bond donors (Lipinski definition) is 0. The van der Waals surface area contributed by atoms with Crippen LogP contribution in [0.5, 0.6) is 0 Å². The first kappa shape index (κ1) is 18.6. The van der Waals surface area contributed by atoms with Crippen LogP contribution >= 0.6 is 0 Å². The monoisotopic (exact) mass is 370 g/mol. The van der Waals surface area contributed by atoms with Crippen molar-refractivity contribution in [2.75, 3.05) is 13.1 Å². The molecule has 3 aromatic rings. The first-order chi connectivity index (χ1) is 13.5. The lowest BCUT2D eigenvalue weighted by Gasteiger charge is -2.20. The minimum atomic E-state index is 0.606. The van der Waals surface area contributed by atoms with Gasteiger partial charge in [0.2, 0.25) is 0 Å². The summed E-state index contributed by atoms with van der Waals surface area (Å²) < 4.78 is 0. The predicted octanol–water partition coefficient (Wildman–Crippen LogP) is 4.81. The maximum absolute atomic E-state index is 9.31. The van der Waals surface area contributed by atoms with Crippen LogP contribution in [0.15, 0.2) is 36.4 Å². The quantitative estimate of drug-likeness (QED) is 0.661. The number of fused-ring (bicyclic) bond motifs is 1. The van der Waals surface area contributed by atoms with E-state index in [0.717, 1.165) is 46.5 Å². The van der Waals surface area contributed by atoms with E-state index in [1.54, 1.807) is 0 Å². The molecule has 1 aromatic carbocycles. The molecule has 4 heteroatoms. The van der Waals surface area contributed by atoms with Crippen LogP contribution in [-0.2, 0) is 6.42 Å². The van der Waals surface area contributed by atoms with Crippen molar-refractivity contribution in [1.29, 1.82) is 5.26 Å². The molecule has 1 saturated heterocycles. The van der Waals surface area contributed by atoms with Crippen molar-refractivity contribution < 1.29 is 0 Å². The Labute approximate surface area is 166 Å². The van der Waals surface area contributed by atoms with E-state index in [4.69, 9.17) is 4.98 Å². The Morgan fingerprint density at radius 3 is 2.71 bits per heavy atom. The van der Waals surface area contributed by atoms with E-state index in [2.05, 4.69) is 47.1 Å². The normalized spacial score (nSPS) is 17.1. The van der Waals surface area contributed by atoms with E-state index in [-0.39, 0.29) is 0 Å². The Morgan fingerprint density at radius 1 is 1.11 bits per heavy atom. The van der Waals surface area contributed by atoms with Gasteiger partial charge in [-0.2, -0.15) is 5.26 Å². The first-order valence-corrected chi connectivity index (χ1v) is 10.1. The van der Waals surface area contributed by atoms with E-state index in [0.29, 0.717) is 11.6 Å². The number of aromatic nitrogens is 2. The number of likely N-dealkylation sites (tertiary alicyclic amines) is 1. The van der Waals surface area contributed by atoms with Gasteiger partial charge in [-0.15, -0.1) is 0 Å². The van der Waals surface area contributed by atoms with E-state index >= 15 is 0 Å². The standard InChI is InChI=1S/C24H26N4/c1-16-5-4-11-28(16)12-10-19-6-8-23-20(13-19)7-9-24(27-23)22-14-21(15-25)17(2)26-18(22)3/h6-9,13-14,16H,4-5,10-12H2,1-3H3/t16-/m0/s1. The zero-order chi connectivity index (χ0) is 19.7. The number of rotatable bonds is 4. The third kappa shape index (κ3) is 3.63. The van der Waals surface area contributed by atoms with Gasteiger partial charge in [0.05, 0.1) is 22.5 Å². The Kier molecular flexibility index (Phi) is 5.11. The minimum absolute atomic E-state index is 0.606. The largest absolute Gasteiger partial charge is 0.300 e. The molecule has 4 rings (SSSR count). The molecule has 0 amide bonds. The highest BCUT2D eigenvalue weighted by molar-refractivity contribution is 5.82. The van der Waals surface area contributed by atoms with Crippen LogP contribution in [-0.4, -0.2) is 34.0 Å². The molecule has 142 valence electrons. The van der Waals surface area contributed by atoms with Crippen LogP contribution in [0.3, 0.4) is 0 Å². The second kappa shape index (κ2) is 7.69. The van der Waals surface area contributed by atoms with Crippen molar-refractivity contribution in [3.05, 3.63) is 58.9 Å². The molecule has 1 atom stereocenters. The van der Waals surface area contributed by atoms with Crippen LogP contribution in [0, 0.1) is 25.2 Å². The predicted molar refractivity (Wildman–Crippen MR) is 113 cm³/mol. The molecule has 4 nitrogen and oxygen atoms in total. The molecule has 0 unspecified atom stereocenters. The molecular weight excluding hydrogens is 344 g/mol. The molecule has 3 heterocycles. The van der Waals surface area contributed by atoms with Gasteiger partial charge in [-0.05, 0) is 76.4 Å². The maximum atomic E-state index is 9.31. The Morgan fingerprint density at radius 2 is 1.96 bits per heavy atom. The number of pyridine rings is 2. The van der Waals surface area contributed by atoms with Crippen LogP contribution < -0.4 is 0 Å². The molecule has 0 radical (unpaired) electrons. The van der Waals surface area contributed by atoms with Crippen molar-refractivity contribution in [3.8, 4) is 17.3 Å². The zero-order valence-electron chi connectivity index (χ0n) is 16.9. The number of hydrogen-bond acceptors (Lipinski definition) is 4. The fourth-order valence-electron chi connectivity index (χ4n) is 4.18. The van der Waals surface area contributed by atoms with E-state index in [9.17, 15) is 5.26 Å². The van der Waals surface area contributed by atoms with Gasteiger partial charge in [-0.3, -0.25) is 4.98 Å². The van der Waals surface area contributed by atoms with Gasteiger partial charge in [-0.1, -0.05) is 12.1 Å². The lowest BCUT2D eigenvalue weighted by molar-refractivity contribution is 0.272. The highest BCUT2D eigenvalue weighted by Crippen LogP contribution is 2.26. The molecule has 0 N–H and O–H groups in total. The molecule has 1 aliphatic rings. The Hall–Kier alpha value is -2.77.